The van der Waals surface area contributed by atoms with E-state index in [1.165, 1.54) is 0 Å². The summed E-state index contributed by atoms with van der Waals surface area (Å²) in [4.78, 5) is 7.97. The normalized spacial score (nSPS) is 8.50. The van der Waals surface area contributed by atoms with Gasteiger partial charge in [-0.05, 0) is 0 Å². The van der Waals surface area contributed by atoms with Gasteiger partial charge in [0.25, 0.3) is 0 Å². The predicted octanol–water partition coefficient (Wildman–Crippen LogP) is 0.564. The highest BCUT2D eigenvalue weighted by atomic mass is 35.5. The van der Waals surface area contributed by atoms with Gasteiger partial charge in [0.2, 0.25) is 5.95 Å². The third kappa shape index (κ3) is 2.13. The first-order valence-electron chi connectivity index (χ1n) is 3.26. The Morgan fingerprint density at radius 1 is 1.33 bits per heavy atom. The minimum Gasteiger partial charge on any atom is -0.394 e. The topological polar surface area (TPSA) is 75.9 Å². The Morgan fingerprint density at radius 2 is 2.00 bits per heavy atom. The number of nitrogen functional groups attached to an aromatic ring is 1. The van der Waals surface area contributed by atoms with Gasteiger partial charge in [-0.25, -0.2) is 4.98 Å². The molecule has 6 heteroatoms. The summed E-state index contributed by atoms with van der Waals surface area (Å²) < 4.78 is 0. The van der Waals surface area contributed by atoms with Crippen LogP contribution in [0.25, 0.3) is 0 Å². The number of halogens is 1. The van der Waals surface area contributed by atoms with Gasteiger partial charge in [-0.15, -0.1) is 12.4 Å². The first-order valence-corrected chi connectivity index (χ1v) is 3.26. The van der Waals surface area contributed by atoms with Gasteiger partial charge in [-0.1, -0.05) is 0 Å². The number of nitrogens with zero attached hydrogens (tertiary/aromatic N) is 2. The van der Waals surface area contributed by atoms with Crippen molar-refractivity contribution in [3.63, 3.8) is 0 Å². The zero-order valence-corrected chi connectivity index (χ0v) is 7.77. The number of nitrogens with two attached hydrogens (primary N) is 1. The first-order chi connectivity index (χ1) is 5.27. The van der Waals surface area contributed by atoms with Gasteiger partial charge in [0.15, 0.2) is 5.82 Å². The molecule has 0 aliphatic rings. The predicted molar refractivity (Wildman–Crippen MR) is 52.8 cm³/mol. The summed E-state index contributed by atoms with van der Waals surface area (Å²) in [7, 11) is 3.52. The molecule has 1 rings (SSSR count). The molecular weight excluding hydrogens is 178 g/mol. The van der Waals surface area contributed by atoms with Crippen molar-refractivity contribution in [3.05, 3.63) is 6.20 Å². The van der Waals surface area contributed by atoms with Gasteiger partial charge in [0.05, 0.1) is 11.9 Å². The van der Waals surface area contributed by atoms with Gasteiger partial charge < -0.3 is 16.4 Å². The summed E-state index contributed by atoms with van der Waals surface area (Å²) >= 11 is 0. The molecule has 4 N–H and O–H groups in total. The van der Waals surface area contributed by atoms with Crippen molar-refractivity contribution in [2.24, 2.45) is 0 Å². The summed E-state index contributed by atoms with van der Waals surface area (Å²) in [5.41, 5.74) is 6.09. The minimum absolute atomic E-state index is 0. The molecule has 0 aromatic carbocycles. The van der Waals surface area contributed by atoms with Gasteiger partial charge >= 0.3 is 0 Å². The fourth-order valence-electron chi connectivity index (χ4n) is 0.712. The Labute approximate surface area is 77.2 Å². The van der Waals surface area contributed by atoms with Crippen molar-refractivity contribution in [3.8, 4) is 0 Å². The largest absolute Gasteiger partial charge is 0.394 e. The van der Waals surface area contributed by atoms with Crippen LogP contribution in [-0.4, -0.2) is 24.1 Å². The number of rotatable bonds is 2. The zero-order valence-electron chi connectivity index (χ0n) is 6.96. The van der Waals surface area contributed by atoms with Crippen LogP contribution in [0.15, 0.2) is 6.20 Å². The Bertz CT molecular complexity index is 252. The van der Waals surface area contributed by atoms with Crippen LogP contribution < -0.4 is 16.4 Å². The molecule has 0 atom stereocenters. The Balaban J connectivity index is 0.00000121. The van der Waals surface area contributed by atoms with E-state index in [1.807, 2.05) is 0 Å². The number of hydrogen-bond acceptors (Lipinski definition) is 5. The lowest BCUT2D eigenvalue weighted by molar-refractivity contribution is 1.15. The summed E-state index contributed by atoms with van der Waals surface area (Å²) in [5, 5.41) is 5.66. The van der Waals surface area contributed by atoms with Crippen molar-refractivity contribution in [1.29, 1.82) is 0 Å². The maximum atomic E-state index is 5.54. The Morgan fingerprint density at radius 3 is 2.50 bits per heavy atom. The van der Waals surface area contributed by atoms with Crippen molar-refractivity contribution in [2.75, 3.05) is 30.5 Å². The van der Waals surface area contributed by atoms with E-state index in [4.69, 9.17) is 5.73 Å². The second kappa shape index (κ2) is 4.61. The molecule has 0 spiro atoms. The van der Waals surface area contributed by atoms with E-state index in [1.54, 1.807) is 20.3 Å². The average molecular weight is 190 g/mol. The van der Waals surface area contributed by atoms with Gasteiger partial charge in [0.1, 0.15) is 0 Å². The van der Waals surface area contributed by atoms with Crippen LogP contribution in [0.5, 0.6) is 0 Å². The minimum atomic E-state index is 0. The van der Waals surface area contributed by atoms with Crippen LogP contribution in [0.3, 0.4) is 0 Å². The molecule has 0 saturated carbocycles. The molecule has 68 valence electrons. The molecule has 0 fully saturated rings. The quantitative estimate of drug-likeness (QED) is 0.634. The zero-order chi connectivity index (χ0) is 8.27. The highest BCUT2D eigenvalue weighted by Gasteiger charge is 1.99. The van der Waals surface area contributed by atoms with Crippen LogP contribution in [0.2, 0.25) is 0 Å². The average Bonchev–Trinajstić information content (AvgIpc) is 2.05. The van der Waals surface area contributed by atoms with Gasteiger partial charge in [0, 0.05) is 14.1 Å². The molecule has 0 aliphatic carbocycles. The molecule has 0 bridgehead atoms. The molecule has 1 aromatic rings. The molecule has 0 aliphatic heterocycles. The van der Waals surface area contributed by atoms with Crippen LogP contribution in [-0.2, 0) is 0 Å². The molecule has 5 nitrogen and oxygen atoms in total. The summed E-state index contributed by atoms with van der Waals surface area (Å²) in [6, 6.07) is 0. The molecule has 0 amide bonds. The highest BCUT2D eigenvalue weighted by Crippen LogP contribution is 2.13. The lowest BCUT2D eigenvalue weighted by Gasteiger charge is -2.04. The third-order valence-corrected chi connectivity index (χ3v) is 1.28. The van der Waals surface area contributed by atoms with Crippen molar-refractivity contribution >= 4 is 29.9 Å². The second-order valence-electron chi connectivity index (χ2n) is 2.00. The van der Waals surface area contributed by atoms with Gasteiger partial charge in [-0.3, -0.25) is 0 Å². The number of aromatic nitrogens is 2. The summed E-state index contributed by atoms with van der Waals surface area (Å²) in [6.07, 6.45) is 1.56. The van der Waals surface area contributed by atoms with Crippen molar-refractivity contribution in [1.82, 2.24) is 9.97 Å². The van der Waals surface area contributed by atoms with E-state index in [2.05, 4.69) is 20.6 Å². The van der Waals surface area contributed by atoms with Gasteiger partial charge in [-0.2, -0.15) is 4.98 Å². The molecule has 1 aromatic heterocycles. The number of nitrogens with one attached hydrogen (secondary N) is 2. The van der Waals surface area contributed by atoms with Crippen LogP contribution in [0.1, 0.15) is 0 Å². The highest BCUT2D eigenvalue weighted by molar-refractivity contribution is 5.85. The third-order valence-electron chi connectivity index (χ3n) is 1.28. The van der Waals surface area contributed by atoms with Crippen LogP contribution >= 0.6 is 12.4 Å². The monoisotopic (exact) mass is 189 g/mol. The lowest BCUT2D eigenvalue weighted by Crippen LogP contribution is -2.03. The molecule has 12 heavy (non-hydrogen) atoms. The number of hydrogen-bond donors (Lipinski definition) is 3. The molecule has 1 heterocycles. The molecule has 0 radical (unpaired) electrons. The fourth-order valence-corrected chi connectivity index (χ4v) is 0.712. The van der Waals surface area contributed by atoms with Crippen LogP contribution in [0.4, 0.5) is 17.5 Å². The van der Waals surface area contributed by atoms with E-state index in [0.29, 0.717) is 17.5 Å². The maximum Gasteiger partial charge on any atom is 0.224 e. The van der Waals surface area contributed by atoms with E-state index in [0.717, 1.165) is 0 Å². The lowest BCUT2D eigenvalue weighted by atomic mass is 10.5. The Hall–Kier alpha value is -1.23. The second-order valence-corrected chi connectivity index (χ2v) is 2.00. The Kier molecular flexibility index (Phi) is 4.14. The standard InChI is InChI=1S/C6H11N5.ClH/c1-8-5-4(7)3-10-6(9-2)11-5;/h3H,7H2,1-2H3,(H2,8,9,10,11);1H. The number of anilines is 3. The molecule has 0 saturated heterocycles. The maximum absolute atomic E-state index is 5.54. The molecular formula is C6H12ClN5. The SMILES string of the molecule is CNc1ncc(N)c(NC)n1.Cl. The van der Waals surface area contributed by atoms with E-state index in [9.17, 15) is 0 Å². The van der Waals surface area contributed by atoms with Crippen molar-refractivity contribution in [2.45, 2.75) is 0 Å². The summed E-state index contributed by atoms with van der Waals surface area (Å²) in [6.45, 7) is 0. The smallest absolute Gasteiger partial charge is 0.224 e. The van der Waals surface area contributed by atoms with E-state index >= 15 is 0 Å². The fraction of sp³-hybridized carbons (Fsp3) is 0.333. The molecule has 0 unspecified atom stereocenters. The van der Waals surface area contributed by atoms with E-state index < -0.39 is 0 Å². The summed E-state index contributed by atoms with van der Waals surface area (Å²) in [5.74, 6) is 1.20. The van der Waals surface area contributed by atoms with E-state index in [-0.39, 0.29) is 12.4 Å². The first kappa shape index (κ1) is 10.8. The van der Waals surface area contributed by atoms with Crippen molar-refractivity contribution < 1.29 is 0 Å². The van der Waals surface area contributed by atoms with Crippen LogP contribution in [0, 0.1) is 0 Å².